The van der Waals surface area contributed by atoms with E-state index in [9.17, 15) is 17.8 Å². The van der Waals surface area contributed by atoms with Gasteiger partial charge in [-0.2, -0.15) is 8.42 Å². The van der Waals surface area contributed by atoms with Gasteiger partial charge in [0.25, 0.3) is 16.3 Å². The zero-order valence-electron chi connectivity index (χ0n) is 14.3. The predicted molar refractivity (Wildman–Crippen MR) is 94.1 cm³/mol. The van der Waals surface area contributed by atoms with Crippen molar-refractivity contribution >= 4 is 39.3 Å². The summed E-state index contributed by atoms with van der Waals surface area (Å²) in [6, 6.07) is 11.9. The number of rotatable bonds is 2. The van der Waals surface area contributed by atoms with Gasteiger partial charge in [-0.3, -0.25) is 9.08 Å². The summed E-state index contributed by atoms with van der Waals surface area (Å²) in [5, 5.41) is 3.96. The van der Waals surface area contributed by atoms with E-state index in [2.05, 4.69) is 9.44 Å². The smallest absolute Gasteiger partial charge is 0.714 e. The average Bonchev–Trinajstić information content (AvgIpc) is 2.58. The third-order valence-corrected chi connectivity index (χ3v) is 4.98. The second-order valence-electron chi connectivity index (χ2n) is 6.08. The Morgan fingerprint density at radius 3 is 2.63 bits per heavy atom. The Kier molecular flexibility index (Phi) is 6.14. The van der Waals surface area contributed by atoms with Crippen LogP contribution in [0.15, 0.2) is 47.6 Å². The standard InChI is InChI=1S/C17H13ClN2O5S.K/c18-11-5-6-14-15(19-25-26(22,23)24)9-12-7-10-3-1-2-4-13(10)17(21)20(12)16(14)8-11;/h1-6,8,12H,7,9H2,(H,22,23,24);/q;+1/p-1/b19-15-;. The third-order valence-electron chi connectivity index (χ3n) is 4.49. The zero-order valence-corrected chi connectivity index (χ0v) is 19.0. The van der Waals surface area contributed by atoms with E-state index in [1.165, 1.54) is 0 Å². The SMILES string of the molecule is O=C1c2ccccc2CC2C/C(=N/OS(=O)(=O)[O-])c3ccc(Cl)cc3N12.[K+]. The van der Waals surface area contributed by atoms with Gasteiger partial charge in [0.2, 0.25) is 0 Å². The molecule has 2 aliphatic heterocycles. The molecule has 0 saturated carbocycles. The summed E-state index contributed by atoms with van der Waals surface area (Å²) in [7, 11) is -4.97. The van der Waals surface area contributed by atoms with Crippen LogP contribution in [0.5, 0.6) is 0 Å². The molecule has 27 heavy (non-hydrogen) atoms. The van der Waals surface area contributed by atoms with Gasteiger partial charge in [-0.15, -0.1) is 0 Å². The summed E-state index contributed by atoms with van der Waals surface area (Å²) in [5.41, 5.74) is 2.82. The Balaban J connectivity index is 0.00000210. The van der Waals surface area contributed by atoms with Crippen molar-refractivity contribution in [1.29, 1.82) is 0 Å². The Morgan fingerprint density at radius 1 is 1.15 bits per heavy atom. The molecule has 0 N–H and O–H groups in total. The molecule has 0 fully saturated rings. The number of anilines is 1. The van der Waals surface area contributed by atoms with E-state index in [1.54, 1.807) is 35.2 Å². The van der Waals surface area contributed by atoms with Crippen molar-refractivity contribution in [3.05, 3.63) is 64.2 Å². The van der Waals surface area contributed by atoms with E-state index >= 15 is 0 Å². The first-order valence-electron chi connectivity index (χ1n) is 7.76. The first kappa shape index (κ1) is 20.9. The quantitative estimate of drug-likeness (QED) is 0.277. The molecule has 0 spiro atoms. The average molecular weight is 431 g/mol. The number of fused-ring (bicyclic) bond motifs is 4. The van der Waals surface area contributed by atoms with Gasteiger partial charge < -0.3 is 9.45 Å². The van der Waals surface area contributed by atoms with Crippen molar-refractivity contribution < 1.29 is 73.4 Å². The van der Waals surface area contributed by atoms with Crippen molar-refractivity contribution in [2.45, 2.75) is 18.9 Å². The third kappa shape index (κ3) is 4.15. The number of carbonyl (C=O) groups is 1. The molecule has 0 radical (unpaired) electrons. The fourth-order valence-corrected chi connectivity index (χ4v) is 3.82. The number of benzene rings is 2. The summed E-state index contributed by atoms with van der Waals surface area (Å²) in [5.74, 6) is -0.156. The molecule has 1 amide bonds. The van der Waals surface area contributed by atoms with Gasteiger partial charge in [0, 0.05) is 28.6 Å². The second-order valence-corrected chi connectivity index (χ2v) is 7.48. The minimum Gasteiger partial charge on any atom is -0.714 e. The van der Waals surface area contributed by atoms with Gasteiger partial charge in [-0.1, -0.05) is 35.0 Å². The molecule has 4 rings (SSSR count). The molecule has 2 aromatic carbocycles. The van der Waals surface area contributed by atoms with Gasteiger partial charge in [-0.05, 0) is 36.2 Å². The maximum atomic E-state index is 13.0. The van der Waals surface area contributed by atoms with E-state index in [-0.39, 0.29) is 75.5 Å². The molecule has 10 heteroatoms. The van der Waals surface area contributed by atoms with Crippen molar-refractivity contribution in [3.8, 4) is 0 Å². The molecule has 2 aliphatic rings. The normalized spacial score (nSPS) is 19.6. The van der Waals surface area contributed by atoms with Crippen LogP contribution in [-0.2, 0) is 21.1 Å². The number of carbonyl (C=O) groups excluding carboxylic acids is 1. The number of hydrogen-bond acceptors (Lipinski definition) is 6. The fourth-order valence-electron chi connectivity index (χ4n) is 3.48. The van der Waals surface area contributed by atoms with Crippen molar-refractivity contribution in [1.82, 2.24) is 0 Å². The van der Waals surface area contributed by atoms with E-state index in [4.69, 9.17) is 11.6 Å². The molecular weight excluding hydrogens is 419 g/mol. The molecule has 0 saturated heterocycles. The maximum Gasteiger partial charge on any atom is 1.00 e. The van der Waals surface area contributed by atoms with Crippen molar-refractivity contribution in [2.75, 3.05) is 4.90 Å². The number of halogens is 1. The van der Waals surface area contributed by atoms with Crippen molar-refractivity contribution in [2.24, 2.45) is 5.16 Å². The van der Waals surface area contributed by atoms with Crippen LogP contribution in [0, 0.1) is 0 Å². The van der Waals surface area contributed by atoms with Crippen LogP contribution in [-0.4, -0.2) is 30.6 Å². The predicted octanol–water partition coefficient (Wildman–Crippen LogP) is -0.500. The molecule has 1 atom stereocenters. The second kappa shape index (κ2) is 7.92. The van der Waals surface area contributed by atoms with Crippen LogP contribution in [0.2, 0.25) is 5.02 Å². The molecular formula is C17H12ClKN2O5S. The monoisotopic (exact) mass is 430 g/mol. The zero-order chi connectivity index (χ0) is 18.5. The van der Waals surface area contributed by atoms with Gasteiger partial charge in [0.15, 0.2) is 0 Å². The van der Waals surface area contributed by atoms with Crippen LogP contribution in [0.25, 0.3) is 0 Å². The van der Waals surface area contributed by atoms with Gasteiger partial charge in [0.1, 0.15) is 0 Å². The number of nitrogens with zero attached hydrogens (tertiary/aromatic N) is 2. The van der Waals surface area contributed by atoms with Crippen LogP contribution in [0.3, 0.4) is 0 Å². The maximum absolute atomic E-state index is 13.0. The van der Waals surface area contributed by atoms with E-state index in [0.717, 1.165) is 5.56 Å². The topological polar surface area (TPSA) is 99.1 Å². The van der Waals surface area contributed by atoms with Gasteiger partial charge in [-0.25, -0.2) is 0 Å². The Morgan fingerprint density at radius 2 is 1.89 bits per heavy atom. The first-order valence-corrected chi connectivity index (χ1v) is 9.47. The molecule has 2 aromatic rings. The summed E-state index contributed by atoms with van der Waals surface area (Å²) >= 11 is 6.10. The van der Waals surface area contributed by atoms with E-state index < -0.39 is 10.4 Å². The summed E-state index contributed by atoms with van der Waals surface area (Å²) in [6.45, 7) is 0. The Bertz CT molecular complexity index is 1060. The van der Waals surface area contributed by atoms with E-state index in [1.807, 2.05) is 12.1 Å². The van der Waals surface area contributed by atoms with Crippen LogP contribution in [0.4, 0.5) is 5.69 Å². The molecule has 0 aromatic heterocycles. The number of amides is 1. The Labute approximate surface area is 203 Å². The van der Waals surface area contributed by atoms with Gasteiger partial charge >= 0.3 is 51.4 Å². The largest absolute Gasteiger partial charge is 1.00 e. The van der Waals surface area contributed by atoms with Crippen LogP contribution < -0.4 is 56.3 Å². The molecule has 2 heterocycles. The molecule has 0 aliphatic carbocycles. The van der Waals surface area contributed by atoms with Crippen LogP contribution in [0.1, 0.15) is 27.9 Å². The van der Waals surface area contributed by atoms with Gasteiger partial charge in [0.05, 0.1) is 11.4 Å². The minimum atomic E-state index is -4.97. The summed E-state index contributed by atoms with van der Waals surface area (Å²) in [6.07, 6.45) is 0.821. The summed E-state index contributed by atoms with van der Waals surface area (Å²) in [4.78, 5) is 14.7. The summed E-state index contributed by atoms with van der Waals surface area (Å²) < 4.78 is 36.4. The van der Waals surface area contributed by atoms with Crippen molar-refractivity contribution in [3.63, 3.8) is 0 Å². The minimum absolute atomic E-state index is 0. The number of oxime groups is 1. The molecule has 7 nitrogen and oxygen atoms in total. The molecule has 0 bridgehead atoms. The Hall–Kier alpha value is -0.784. The first-order chi connectivity index (χ1) is 12.3. The van der Waals surface area contributed by atoms with E-state index in [0.29, 0.717) is 28.3 Å². The van der Waals surface area contributed by atoms with Crippen LogP contribution >= 0.6 is 11.6 Å². The fraction of sp³-hybridized carbons (Fsp3) is 0.176. The molecule has 134 valence electrons. The number of hydrogen-bond donors (Lipinski definition) is 0. The molecule has 1 unspecified atom stereocenters.